The van der Waals surface area contributed by atoms with Crippen molar-refractivity contribution in [3.63, 3.8) is 0 Å². The van der Waals surface area contributed by atoms with Gasteiger partial charge in [0, 0.05) is 23.6 Å². The zero-order valence-electron chi connectivity index (χ0n) is 13.0. The minimum absolute atomic E-state index is 0.0777. The number of rotatable bonds is 6. The Hall–Kier alpha value is -2.31. The zero-order valence-corrected chi connectivity index (χ0v) is 14.5. The van der Waals surface area contributed by atoms with Crippen LogP contribution in [0.25, 0.3) is 0 Å². The Labute approximate surface area is 145 Å². The molecule has 1 N–H and O–H groups in total. The normalized spacial score (nSPS) is 10.9. The van der Waals surface area contributed by atoms with Crippen molar-refractivity contribution >= 4 is 33.0 Å². The largest absolute Gasteiger partial charge is 0.489 e. The van der Waals surface area contributed by atoms with Crippen molar-refractivity contribution in [3.8, 4) is 5.75 Å². The number of ether oxygens (including phenoxy) is 1. The number of carbonyl (C=O) groups excluding carboxylic acids is 1. The summed E-state index contributed by atoms with van der Waals surface area (Å²) < 4.78 is 28.8. The lowest BCUT2D eigenvalue weighted by Gasteiger charge is -2.09. The lowest BCUT2D eigenvalue weighted by Crippen LogP contribution is -2.13. The molecule has 0 bridgehead atoms. The standard InChI is InChI=1S/C17H16ClNO4S/c1-3-9-23-14-6-4-5-13(11-14)19-17(20)12-7-8-15(18)16(10-12)24(2,21)22/h3-8,10-11H,1,9H2,2H3,(H,19,20). The Bertz CT molecular complexity index is 878. The van der Waals surface area contributed by atoms with Crippen LogP contribution < -0.4 is 10.1 Å². The van der Waals surface area contributed by atoms with E-state index in [-0.39, 0.29) is 15.5 Å². The molecule has 2 aromatic carbocycles. The van der Waals surface area contributed by atoms with Gasteiger partial charge in [-0.25, -0.2) is 8.42 Å². The monoisotopic (exact) mass is 365 g/mol. The third kappa shape index (κ3) is 4.59. The summed E-state index contributed by atoms with van der Waals surface area (Å²) in [6.45, 7) is 3.92. The maximum absolute atomic E-state index is 12.3. The summed E-state index contributed by atoms with van der Waals surface area (Å²) in [5.41, 5.74) is 0.717. The van der Waals surface area contributed by atoms with E-state index in [1.54, 1.807) is 30.3 Å². The first kappa shape index (κ1) is 18.0. The maximum Gasteiger partial charge on any atom is 0.255 e. The number of benzene rings is 2. The first-order valence-electron chi connectivity index (χ1n) is 6.96. The van der Waals surface area contributed by atoms with Crippen LogP contribution >= 0.6 is 11.6 Å². The fraction of sp³-hybridized carbons (Fsp3) is 0.118. The SMILES string of the molecule is C=CCOc1cccc(NC(=O)c2ccc(Cl)c(S(C)(=O)=O)c2)c1. The van der Waals surface area contributed by atoms with E-state index in [1.165, 1.54) is 18.2 Å². The number of sulfone groups is 1. The van der Waals surface area contributed by atoms with Gasteiger partial charge in [-0.05, 0) is 30.3 Å². The number of halogens is 1. The molecule has 0 aliphatic carbocycles. The number of carbonyl (C=O) groups is 1. The van der Waals surface area contributed by atoms with Gasteiger partial charge in [0.1, 0.15) is 12.4 Å². The smallest absolute Gasteiger partial charge is 0.255 e. The molecule has 24 heavy (non-hydrogen) atoms. The summed E-state index contributed by atoms with van der Waals surface area (Å²) in [4.78, 5) is 12.2. The Morgan fingerprint density at radius 2 is 2.04 bits per heavy atom. The molecule has 7 heteroatoms. The predicted octanol–water partition coefficient (Wildman–Crippen LogP) is 3.56. The van der Waals surface area contributed by atoms with E-state index in [0.29, 0.717) is 18.0 Å². The summed E-state index contributed by atoms with van der Waals surface area (Å²) in [5, 5.41) is 2.77. The second-order valence-corrected chi connectivity index (χ2v) is 7.39. The second-order valence-electron chi connectivity index (χ2n) is 5.00. The van der Waals surface area contributed by atoms with Crippen molar-refractivity contribution in [2.75, 3.05) is 18.2 Å². The van der Waals surface area contributed by atoms with E-state index in [4.69, 9.17) is 16.3 Å². The van der Waals surface area contributed by atoms with Gasteiger partial charge in [0.15, 0.2) is 9.84 Å². The third-order valence-corrected chi connectivity index (χ3v) is 4.63. The van der Waals surface area contributed by atoms with Crippen LogP contribution in [-0.4, -0.2) is 27.2 Å². The molecule has 0 atom stereocenters. The Balaban J connectivity index is 2.23. The number of nitrogens with one attached hydrogen (secondary N) is 1. The Morgan fingerprint density at radius 1 is 1.29 bits per heavy atom. The number of amides is 1. The van der Waals surface area contributed by atoms with Gasteiger partial charge in [0.05, 0.1) is 9.92 Å². The number of hydrogen-bond acceptors (Lipinski definition) is 4. The van der Waals surface area contributed by atoms with Gasteiger partial charge in [-0.1, -0.05) is 30.3 Å². The van der Waals surface area contributed by atoms with Crippen LogP contribution in [-0.2, 0) is 9.84 Å². The molecule has 0 aliphatic rings. The molecule has 5 nitrogen and oxygen atoms in total. The fourth-order valence-electron chi connectivity index (χ4n) is 1.95. The van der Waals surface area contributed by atoms with E-state index in [0.717, 1.165) is 6.26 Å². The topological polar surface area (TPSA) is 72.5 Å². The van der Waals surface area contributed by atoms with Crippen molar-refractivity contribution < 1.29 is 17.9 Å². The molecule has 0 saturated carbocycles. The van der Waals surface area contributed by atoms with Crippen LogP contribution in [0.15, 0.2) is 60.0 Å². The van der Waals surface area contributed by atoms with E-state index < -0.39 is 15.7 Å². The highest BCUT2D eigenvalue weighted by Gasteiger charge is 2.16. The maximum atomic E-state index is 12.3. The van der Waals surface area contributed by atoms with Gasteiger partial charge in [0.2, 0.25) is 0 Å². The molecule has 0 radical (unpaired) electrons. The summed E-state index contributed by atoms with van der Waals surface area (Å²) in [6.07, 6.45) is 2.65. The molecule has 0 unspecified atom stereocenters. The van der Waals surface area contributed by atoms with Gasteiger partial charge < -0.3 is 10.1 Å². The van der Waals surface area contributed by atoms with Crippen molar-refractivity contribution in [1.82, 2.24) is 0 Å². The molecule has 0 heterocycles. The van der Waals surface area contributed by atoms with Crippen molar-refractivity contribution in [3.05, 3.63) is 65.7 Å². The van der Waals surface area contributed by atoms with Crippen molar-refractivity contribution in [2.24, 2.45) is 0 Å². The summed E-state index contributed by atoms with van der Waals surface area (Å²) in [5.74, 6) is 0.137. The Kier molecular flexibility index (Phi) is 5.64. The lowest BCUT2D eigenvalue weighted by atomic mass is 10.2. The van der Waals surface area contributed by atoms with Crippen LogP contribution in [0.4, 0.5) is 5.69 Å². The van der Waals surface area contributed by atoms with Crippen molar-refractivity contribution in [1.29, 1.82) is 0 Å². The van der Waals surface area contributed by atoms with Gasteiger partial charge in [0.25, 0.3) is 5.91 Å². The van der Waals surface area contributed by atoms with Crippen LogP contribution in [0.1, 0.15) is 10.4 Å². The second kappa shape index (κ2) is 7.51. The summed E-state index contributed by atoms with van der Waals surface area (Å²) >= 11 is 5.88. The minimum Gasteiger partial charge on any atom is -0.489 e. The molecular formula is C17H16ClNO4S. The highest BCUT2D eigenvalue weighted by atomic mass is 35.5. The molecule has 1 amide bonds. The molecule has 126 valence electrons. The molecule has 0 aliphatic heterocycles. The average Bonchev–Trinajstić information content (AvgIpc) is 2.52. The highest BCUT2D eigenvalue weighted by Crippen LogP contribution is 2.24. The van der Waals surface area contributed by atoms with E-state index in [9.17, 15) is 13.2 Å². The van der Waals surface area contributed by atoms with E-state index in [2.05, 4.69) is 11.9 Å². The molecule has 2 rings (SSSR count). The molecule has 2 aromatic rings. The molecular weight excluding hydrogens is 350 g/mol. The van der Waals surface area contributed by atoms with Gasteiger partial charge in [-0.2, -0.15) is 0 Å². The predicted molar refractivity (Wildman–Crippen MR) is 94.6 cm³/mol. The fourth-order valence-corrected chi connectivity index (χ4v) is 3.25. The van der Waals surface area contributed by atoms with Crippen LogP contribution in [0.3, 0.4) is 0 Å². The molecule has 0 saturated heterocycles. The van der Waals surface area contributed by atoms with Crippen LogP contribution in [0.5, 0.6) is 5.75 Å². The minimum atomic E-state index is -3.52. The molecule has 0 aromatic heterocycles. The van der Waals surface area contributed by atoms with Gasteiger partial charge in [-0.15, -0.1) is 0 Å². The summed E-state index contributed by atoms with van der Waals surface area (Å²) in [6, 6.07) is 11.0. The average molecular weight is 366 g/mol. The van der Waals surface area contributed by atoms with Crippen LogP contribution in [0, 0.1) is 0 Å². The molecule has 0 spiro atoms. The van der Waals surface area contributed by atoms with Crippen LogP contribution in [0.2, 0.25) is 5.02 Å². The Morgan fingerprint density at radius 3 is 2.71 bits per heavy atom. The molecule has 0 fully saturated rings. The summed E-state index contributed by atoms with van der Waals surface area (Å²) in [7, 11) is -3.52. The quantitative estimate of drug-likeness (QED) is 0.794. The third-order valence-electron chi connectivity index (χ3n) is 3.05. The van der Waals surface area contributed by atoms with Gasteiger partial charge >= 0.3 is 0 Å². The van der Waals surface area contributed by atoms with E-state index in [1.807, 2.05) is 0 Å². The van der Waals surface area contributed by atoms with E-state index >= 15 is 0 Å². The number of hydrogen-bond donors (Lipinski definition) is 1. The first-order chi connectivity index (χ1) is 11.3. The van der Waals surface area contributed by atoms with Gasteiger partial charge in [-0.3, -0.25) is 4.79 Å². The number of anilines is 1. The highest BCUT2D eigenvalue weighted by molar-refractivity contribution is 7.90. The lowest BCUT2D eigenvalue weighted by molar-refractivity contribution is 0.102. The first-order valence-corrected chi connectivity index (χ1v) is 9.23. The van der Waals surface area contributed by atoms with Crippen molar-refractivity contribution in [2.45, 2.75) is 4.90 Å². The zero-order chi connectivity index (χ0) is 17.7.